The largest absolute Gasteiger partial charge is 0.481 e. The van der Waals surface area contributed by atoms with Gasteiger partial charge >= 0.3 is 6.18 Å². The van der Waals surface area contributed by atoms with Gasteiger partial charge in [-0.2, -0.15) is 13.2 Å². The van der Waals surface area contributed by atoms with E-state index in [0.29, 0.717) is 17.2 Å². The lowest BCUT2D eigenvalue weighted by Gasteiger charge is -2.15. The molecule has 1 unspecified atom stereocenters. The van der Waals surface area contributed by atoms with Crippen molar-refractivity contribution in [1.82, 2.24) is 15.5 Å². The van der Waals surface area contributed by atoms with E-state index in [1.807, 2.05) is 0 Å². The Morgan fingerprint density at radius 1 is 1.36 bits per heavy atom. The fraction of sp³-hybridized carbons (Fsp3) is 0.308. The van der Waals surface area contributed by atoms with Gasteiger partial charge in [0.15, 0.2) is 6.10 Å². The van der Waals surface area contributed by atoms with Crippen LogP contribution in [0.1, 0.15) is 6.92 Å². The second-order valence-corrected chi connectivity index (χ2v) is 4.36. The Balaban J connectivity index is 1.91. The summed E-state index contributed by atoms with van der Waals surface area (Å²) in [7, 11) is 0. The van der Waals surface area contributed by atoms with Crippen molar-refractivity contribution >= 4 is 5.91 Å². The van der Waals surface area contributed by atoms with E-state index in [1.165, 1.54) is 13.3 Å². The molecule has 0 aliphatic heterocycles. The number of nitrogens with zero attached hydrogens (tertiary/aromatic N) is 2. The minimum atomic E-state index is -4.46. The predicted molar refractivity (Wildman–Crippen MR) is 68.9 cm³/mol. The van der Waals surface area contributed by atoms with Crippen LogP contribution in [0.15, 0.2) is 35.1 Å². The summed E-state index contributed by atoms with van der Waals surface area (Å²) in [6.07, 6.45) is -4.33. The first-order valence-electron chi connectivity index (χ1n) is 6.23. The summed E-state index contributed by atoms with van der Waals surface area (Å²) in [5.74, 6) is -0.196. The number of rotatable bonds is 5. The number of benzene rings is 1. The third kappa shape index (κ3) is 4.47. The van der Waals surface area contributed by atoms with Crippen molar-refractivity contribution in [3.8, 4) is 17.2 Å². The van der Waals surface area contributed by atoms with Gasteiger partial charge in [-0.15, -0.1) is 10.2 Å². The third-order valence-corrected chi connectivity index (χ3v) is 2.61. The molecular formula is C13H12F3N3O3. The van der Waals surface area contributed by atoms with Gasteiger partial charge in [-0.3, -0.25) is 4.79 Å². The highest BCUT2D eigenvalue weighted by Crippen LogP contribution is 2.21. The van der Waals surface area contributed by atoms with E-state index in [1.54, 1.807) is 29.6 Å². The maximum Gasteiger partial charge on any atom is 0.405 e. The molecule has 0 aliphatic rings. The average Bonchev–Trinajstić information content (AvgIpc) is 2.99. The Kier molecular flexibility index (Phi) is 4.64. The highest BCUT2D eigenvalue weighted by Gasteiger charge is 2.29. The first-order chi connectivity index (χ1) is 10.3. The van der Waals surface area contributed by atoms with Crippen molar-refractivity contribution in [2.45, 2.75) is 19.2 Å². The molecule has 0 fully saturated rings. The van der Waals surface area contributed by atoms with Crippen LogP contribution in [0.5, 0.6) is 5.75 Å². The second kappa shape index (κ2) is 6.46. The van der Waals surface area contributed by atoms with Crippen LogP contribution in [0.2, 0.25) is 0 Å². The molecule has 1 aromatic heterocycles. The predicted octanol–water partition coefficient (Wildman–Crippen LogP) is 2.18. The summed E-state index contributed by atoms with van der Waals surface area (Å²) >= 11 is 0. The van der Waals surface area contributed by atoms with Gasteiger partial charge in [-0.1, -0.05) is 0 Å². The van der Waals surface area contributed by atoms with E-state index in [0.717, 1.165) is 0 Å². The van der Waals surface area contributed by atoms with Gasteiger partial charge in [0, 0.05) is 5.56 Å². The molecule has 0 aliphatic carbocycles. The normalized spacial score (nSPS) is 12.7. The molecule has 1 aromatic carbocycles. The molecule has 0 spiro atoms. The fourth-order valence-corrected chi connectivity index (χ4v) is 1.56. The summed E-state index contributed by atoms with van der Waals surface area (Å²) in [6, 6.07) is 6.35. The molecule has 6 nitrogen and oxygen atoms in total. The summed E-state index contributed by atoms with van der Waals surface area (Å²) < 4.78 is 46.3. The zero-order valence-corrected chi connectivity index (χ0v) is 11.4. The highest BCUT2D eigenvalue weighted by molar-refractivity contribution is 5.80. The number of carbonyl (C=O) groups excluding carboxylic acids is 1. The van der Waals surface area contributed by atoms with Gasteiger partial charge in [-0.05, 0) is 31.2 Å². The zero-order valence-electron chi connectivity index (χ0n) is 11.4. The number of aromatic nitrogens is 2. The van der Waals surface area contributed by atoms with Crippen LogP contribution in [-0.2, 0) is 4.79 Å². The number of hydrogen-bond acceptors (Lipinski definition) is 5. The Bertz CT molecular complexity index is 612. The van der Waals surface area contributed by atoms with Crippen LogP contribution in [0.25, 0.3) is 11.5 Å². The minimum Gasteiger partial charge on any atom is -0.481 e. The van der Waals surface area contributed by atoms with Crippen molar-refractivity contribution in [3.63, 3.8) is 0 Å². The van der Waals surface area contributed by atoms with E-state index in [2.05, 4.69) is 10.2 Å². The van der Waals surface area contributed by atoms with Gasteiger partial charge in [0.1, 0.15) is 12.3 Å². The molecule has 0 saturated heterocycles. The fourth-order valence-electron chi connectivity index (χ4n) is 1.56. The number of ether oxygens (including phenoxy) is 1. The van der Waals surface area contributed by atoms with Gasteiger partial charge < -0.3 is 14.5 Å². The summed E-state index contributed by atoms with van der Waals surface area (Å²) in [4.78, 5) is 11.5. The van der Waals surface area contributed by atoms with Crippen LogP contribution in [0, 0.1) is 0 Å². The van der Waals surface area contributed by atoms with Crippen LogP contribution >= 0.6 is 0 Å². The Labute approximate surface area is 123 Å². The lowest BCUT2D eigenvalue weighted by molar-refractivity contribution is -0.142. The van der Waals surface area contributed by atoms with Crippen LogP contribution in [0.3, 0.4) is 0 Å². The number of nitrogens with one attached hydrogen (secondary N) is 1. The standard InChI is InChI=1S/C13H12F3N3O3/c1-8(11(20)17-6-13(14,15)16)22-10-4-2-9(3-5-10)12-19-18-7-21-12/h2-5,7-8H,6H2,1H3,(H,17,20). The third-order valence-electron chi connectivity index (χ3n) is 2.61. The molecule has 22 heavy (non-hydrogen) atoms. The number of amides is 1. The Morgan fingerprint density at radius 3 is 2.59 bits per heavy atom. The molecular weight excluding hydrogens is 303 g/mol. The van der Waals surface area contributed by atoms with Gasteiger partial charge in [0.05, 0.1) is 0 Å². The number of halogens is 3. The molecule has 2 aromatic rings. The van der Waals surface area contributed by atoms with Crippen LogP contribution in [-0.4, -0.2) is 34.9 Å². The molecule has 0 bridgehead atoms. The van der Waals surface area contributed by atoms with Gasteiger partial charge in [0.25, 0.3) is 5.91 Å². The van der Waals surface area contributed by atoms with Crippen molar-refractivity contribution in [3.05, 3.63) is 30.7 Å². The van der Waals surface area contributed by atoms with E-state index < -0.39 is 24.7 Å². The molecule has 1 heterocycles. The SMILES string of the molecule is CC(Oc1ccc(-c2nnco2)cc1)C(=O)NCC(F)(F)F. The zero-order chi connectivity index (χ0) is 16.2. The lowest BCUT2D eigenvalue weighted by atomic mass is 10.2. The minimum absolute atomic E-state index is 0.322. The van der Waals surface area contributed by atoms with Gasteiger partial charge in [-0.25, -0.2) is 0 Å². The highest BCUT2D eigenvalue weighted by atomic mass is 19.4. The molecule has 0 radical (unpaired) electrons. The topological polar surface area (TPSA) is 77.2 Å². The Morgan fingerprint density at radius 2 is 2.05 bits per heavy atom. The Hall–Kier alpha value is -2.58. The van der Waals surface area contributed by atoms with E-state index >= 15 is 0 Å². The first-order valence-corrected chi connectivity index (χ1v) is 6.23. The molecule has 2 rings (SSSR count). The van der Waals surface area contributed by atoms with Crippen LogP contribution < -0.4 is 10.1 Å². The van der Waals surface area contributed by atoms with Crippen molar-refractivity contribution in [2.75, 3.05) is 6.54 Å². The average molecular weight is 315 g/mol. The van der Waals surface area contributed by atoms with Crippen molar-refractivity contribution in [1.29, 1.82) is 0 Å². The monoisotopic (exact) mass is 315 g/mol. The molecule has 1 N–H and O–H groups in total. The first kappa shape index (κ1) is 15.8. The molecule has 1 amide bonds. The number of hydrogen-bond donors (Lipinski definition) is 1. The summed E-state index contributed by atoms with van der Waals surface area (Å²) in [5, 5.41) is 9.02. The van der Waals surface area contributed by atoms with E-state index in [9.17, 15) is 18.0 Å². The number of alkyl halides is 3. The maximum atomic E-state index is 12.0. The maximum absolute atomic E-state index is 12.0. The number of carbonyl (C=O) groups is 1. The van der Waals surface area contributed by atoms with E-state index in [4.69, 9.17) is 9.15 Å². The molecule has 1 atom stereocenters. The van der Waals surface area contributed by atoms with Crippen LogP contribution in [0.4, 0.5) is 13.2 Å². The summed E-state index contributed by atoms with van der Waals surface area (Å²) in [5.41, 5.74) is 0.652. The van der Waals surface area contributed by atoms with Crippen molar-refractivity contribution < 1.29 is 27.1 Å². The molecule has 0 saturated carbocycles. The smallest absolute Gasteiger partial charge is 0.405 e. The molecule has 9 heteroatoms. The lowest BCUT2D eigenvalue weighted by Crippen LogP contribution is -2.41. The second-order valence-electron chi connectivity index (χ2n) is 4.36. The summed E-state index contributed by atoms with van der Waals surface area (Å²) in [6.45, 7) is -0.0345. The van der Waals surface area contributed by atoms with Crippen molar-refractivity contribution in [2.24, 2.45) is 0 Å². The quantitative estimate of drug-likeness (QED) is 0.915. The molecule has 118 valence electrons. The van der Waals surface area contributed by atoms with Gasteiger partial charge in [0.2, 0.25) is 12.3 Å². The van der Waals surface area contributed by atoms with E-state index in [-0.39, 0.29) is 0 Å².